The van der Waals surface area contributed by atoms with Gasteiger partial charge in [-0.05, 0) is 31.6 Å². The quantitative estimate of drug-likeness (QED) is 0.374. The molecule has 0 atom stereocenters. The van der Waals surface area contributed by atoms with Crippen LogP contribution >= 0.6 is 0 Å². The van der Waals surface area contributed by atoms with Gasteiger partial charge in [0.25, 0.3) is 0 Å². The van der Waals surface area contributed by atoms with Crippen molar-refractivity contribution in [1.29, 1.82) is 0 Å². The first-order valence-electron chi connectivity index (χ1n) is 5.62. The van der Waals surface area contributed by atoms with Gasteiger partial charge in [0, 0.05) is 0 Å². The highest BCUT2D eigenvalue weighted by Crippen LogP contribution is 2.15. The first kappa shape index (κ1) is 12.7. The molecule has 0 aliphatic rings. The first-order chi connectivity index (χ1) is 6.16. The second-order valence-electron chi connectivity index (χ2n) is 4.35. The zero-order valence-corrected chi connectivity index (χ0v) is 9.44. The van der Waals surface area contributed by atoms with E-state index in [1.165, 1.54) is 44.1 Å². The van der Waals surface area contributed by atoms with Crippen molar-refractivity contribution >= 4 is 0 Å². The Kier molecular flexibility index (Phi) is 8.18. The van der Waals surface area contributed by atoms with Gasteiger partial charge < -0.3 is 0 Å². The second-order valence-corrected chi connectivity index (χ2v) is 4.35. The summed E-state index contributed by atoms with van der Waals surface area (Å²) >= 11 is 0. The van der Waals surface area contributed by atoms with Gasteiger partial charge in [-0.15, -0.1) is 0 Å². The van der Waals surface area contributed by atoms with E-state index in [1.54, 1.807) is 0 Å². The van der Waals surface area contributed by atoms with E-state index in [1.807, 2.05) is 0 Å². The van der Waals surface area contributed by atoms with Gasteiger partial charge in [-0.25, -0.2) is 0 Å². The molecular formula is C13H25. The predicted molar refractivity (Wildman–Crippen MR) is 61.7 cm³/mol. The topological polar surface area (TPSA) is 0 Å². The van der Waals surface area contributed by atoms with Gasteiger partial charge in [-0.3, -0.25) is 0 Å². The van der Waals surface area contributed by atoms with Gasteiger partial charge in [-0.2, -0.15) is 0 Å². The Morgan fingerprint density at radius 1 is 1.08 bits per heavy atom. The summed E-state index contributed by atoms with van der Waals surface area (Å²) in [6.07, 6.45) is 8.71. The molecule has 0 bridgehead atoms. The van der Waals surface area contributed by atoms with E-state index < -0.39 is 0 Å². The fourth-order valence-electron chi connectivity index (χ4n) is 1.44. The number of allylic oxidation sites excluding steroid dienone is 1. The van der Waals surface area contributed by atoms with Crippen molar-refractivity contribution in [2.24, 2.45) is 5.92 Å². The summed E-state index contributed by atoms with van der Waals surface area (Å²) in [4.78, 5) is 0. The predicted octanol–water partition coefficient (Wildman–Crippen LogP) is 4.76. The Labute approximate surface area is 84.4 Å². The second kappa shape index (κ2) is 8.34. The maximum absolute atomic E-state index is 4.10. The average molecular weight is 181 g/mol. The van der Waals surface area contributed by atoms with Crippen molar-refractivity contribution < 1.29 is 0 Å². The van der Waals surface area contributed by atoms with Gasteiger partial charge in [0.2, 0.25) is 0 Å². The average Bonchev–Trinajstić information content (AvgIpc) is 2.04. The summed E-state index contributed by atoms with van der Waals surface area (Å²) in [5.41, 5.74) is 1.44. The van der Waals surface area contributed by atoms with E-state index in [-0.39, 0.29) is 0 Å². The molecule has 0 aliphatic carbocycles. The molecule has 0 heteroatoms. The molecular weight excluding hydrogens is 156 g/mol. The largest absolute Gasteiger partial charge is 0.0999 e. The van der Waals surface area contributed by atoms with Crippen LogP contribution in [0, 0.1) is 12.8 Å². The molecule has 0 aromatic carbocycles. The van der Waals surface area contributed by atoms with Gasteiger partial charge >= 0.3 is 0 Å². The first-order valence-corrected chi connectivity index (χ1v) is 5.62. The fourth-order valence-corrected chi connectivity index (χ4v) is 1.44. The van der Waals surface area contributed by atoms with Crippen molar-refractivity contribution in [3.63, 3.8) is 0 Å². The summed E-state index contributed by atoms with van der Waals surface area (Å²) in [5, 5.41) is 0. The van der Waals surface area contributed by atoms with Crippen LogP contribution in [0.3, 0.4) is 0 Å². The van der Waals surface area contributed by atoms with Gasteiger partial charge in [0.1, 0.15) is 0 Å². The van der Waals surface area contributed by atoms with Crippen LogP contribution in [0.4, 0.5) is 0 Å². The molecule has 77 valence electrons. The molecule has 0 heterocycles. The lowest BCUT2D eigenvalue weighted by atomic mass is 10.00. The Morgan fingerprint density at radius 3 is 2.23 bits per heavy atom. The molecule has 0 rings (SSSR count). The third kappa shape index (κ3) is 9.66. The molecule has 0 N–H and O–H groups in total. The fraction of sp³-hybridized carbons (Fsp3) is 0.769. The molecule has 0 saturated carbocycles. The number of rotatable bonds is 8. The molecule has 0 fully saturated rings. The molecule has 0 aliphatic heterocycles. The maximum Gasteiger partial charge on any atom is -0.0323 e. The number of unbranched alkanes of at least 4 members (excludes halogenated alkanes) is 2. The lowest BCUT2D eigenvalue weighted by Crippen LogP contribution is -1.89. The molecule has 0 amide bonds. The molecule has 0 nitrogen and oxygen atoms in total. The Balaban J connectivity index is 3.20. The highest BCUT2D eigenvalue weighted by molar-refractivity contribution is 4.93. The molecule has 0 aromatic rings. The Bertz CT molecular complexity index is 122. The highest BCUT2D eigenvalue weighted by Gasteiger charge is 1.97. The van der Waals surface area contributed by atoms with E-state index in [2.05, 4.69) is 27.4 Å². The van der Waals surface area contributed by atoms with Crippen molar-refractivity contribution in [2.75, 3.05) is 0 Å². The van der Waals surface area contributed by atoms with Crippen LogP contribution in [0.25, 0.3) is 0 Å². The summed E-state index contributed by atoms with van der Waals surface area (Å²) in [6, 6.07) is 0. The lowest BCUT2D eigenvalue weighted by molar-refractivity contribution is 0.549. The summed E-state index contributed by atoms with van der Waals surface area (Å²) in [7, 11) is 0. The minimum atomic E-state index is 0.840. The Hall–Kier alpha value is -0.260. The van der Waals surface area contributed by atoms with E-state index in [9.17, 15) is 0 Å². The van der Waals surface area contributed by atoms with E-state index >= 15 is 0 Å². The van der Waals surface area contributed by atoms with Crippen molar-refractivity contribution in [2.45, 2.75) is 58.8 Å². The molecule has 0 spiro atoms. The van der Waals surface area contributed by atoms with E-state index in [4.69, 9.17) is 0 Å². The minimum absolute atomic E-state index is 0.840. The van der Waals surface area contributed by atoms with Crippen LogP contribution < -0.4 is 0 Å². The maximum atomic E-state index is 4.10. The lowest BCUT2D eigenvalue weighted by Gasteiger charge is -2.06. The zero-order chi connectivity index (χ0) is 10.1. The smallest absolute Gasteiger partial charge is 0.0323 e. The van der Waals surface area contributed by atoms with Gasteiger partial charge in [0.15, 0.2) is 0 Å². The normalized spacial score (nSPS) is 10.8. The van der Waals surface area contributed by atoms with Crippen LogP contribution in [0.1, 0.15) is 58.8 Å². The van der Waals surface area contributed by atoms with Crippen LogP contribution in [-0.2, 0) is 0 Å². The van der Waals surface area contributed by atoms with Crippen molar-refractivity contribution in [3.8, 4) is 0 Å². The van der Waals surface area contributed by atoms with Crippen LogP contribution in [0.15, 0.2) is 12.2 Å². The third-order valence-electron chi connectivity index (χ3n) is 2.34. The Morgan fingerprint density at radius 2 is 1.69 bits per heavy atom. The van der Waals surface area contributed by atoms with Crippen LogP contribution in [0.5, 0.6) is 0 Å². The monoisotopic (exact) mass is 181 g/mol. The van der Waals surface area contributed by atoms with Gasteiger partial charge in [-0.1, -0.05) is 52.2 Å². The summed E-state index contributed by atoms with van der Waals surface area (Å²) < 4.78 is 0. The van der Waals surface area contributed by atoms with Crippen LogP contribution in [0.2, 0.25) is 0 Å². The molecule has 13 heavy (non-hydrogen) atoms. The minimum Gasteiger partial charge on any atom is -0.0999 e. The zero-order valence-electron chi connectivity index (χ0n) is 9.44. The van der Waals surface area contributed by atoms with Crippen molar-refractivity contribution in [3.05, 3.63) is 19.1 Å². The summed E-state index contributed by atoms with van der Waals surface area (Å²) in [5.74, 6) is 0.840. The number of hydrogen-bond donors (Lipinski definition) is 0. The SMILES string of the molecule is [CH2]CCCCC(=C)CCCC(C)C. The van der Waals surface area contributed by atoms with E-state index in [0.29, 0.717) is 0 Å². The number of hydrogen-bond acceptors (Lipinski definition) is 0. The molecule has 1 radical (unpaired) electrons. The standard InChI is InChI=1S/C13H25/c1-5-6-7-10-13(4)11-8-9-12(2)3/h12H,1,4-11H2,2-3H3. The van der Waals surface area contributed by atoms with Crippen molar-refractivity contribution in [1.82, 2.24) is 0 Å². The molecule has 0 unspecified atom stereocenters. The summed E-state index contributed by atoms with van der Waals surface area (Å²) in [6.45, 7) is 12.5. The van der Waals surface area contributed by atoms with Gasteiger partial charge in [0.05, 0.1) is 0 Å². The van der Waals surface area contributed by atoms with Crippen LogP contribution in [-0.4, -0.2) is 0 Å². The molecule has 0 aromatic heterocycles. The third-order valence-corrected chi connectivity index (χ3v) is 2.34. The highest BCUT2D eigenvalue weighted by atomic mass is 14.0. The van der Waals surface area contributed by atoms with E-state index in [0.717, 1.165) is 12.3 Å². The molecule has 0 saturated heterocycles.